The van der Waals surface area contributed by atoms with Gasteiger partial charge in [0, 0.05) is 28.8 Å². The molecular weight excluding hydrogens is 448 g/mol. The molecule has 2 bridgehead atoms. The standard InChI is InChI=1S/C19H29BrN2O5S/c1-5-27-17(26)11-12-16(25)22(7-6-8-23)14(15(24)21-18(2,3)4)19(12)9-10(20)13(11)28-19/h10-14,23H,5-9H2,1-4H3,(H,21,24)/t10?,11-,12-,13-,14?,19?/m0/s1. The van der Waals surface area contributed by atoms with E-state index in [1.807, 2.05) is 20.8 Å². The van der Waals surface area contributed by atoms with Crippen LogP contribution in [0.15, 0.2) is 0 Å². The van der Waals surface area contributed by atoms with Crippen LogP contribution in [0.2, 0.25) is 0 Å². The van der Waals surface area contributed by atoms with Crippen molar-refractivity contribution in [3.8, 4) is 0 Å². The average molecular weight is 477 g/mol. The van der Waals surface area contributed by atoms with E-state index in [9.17, 15) is 19.5 Å². The van der Waals surface area contributed by atoms with Crippen LogP contribution in [0.3, 0.4) is 0 Å². The Bertz CT molecular complexity index is 669. The van der Waals surface area contributed by atoms with Gasteiger partial charge in [0.15, 0.2) is 0 Å². The van der Waals surface area contributed by atoms with Gasteiger partial charge < -0.3 is 20.1 Å². The Balaban J connectivity index is 2.01. The molecule has 3 aliphatic rings. The summed E-state index contributed by atoms with van der Waals surface area (Å²) in [5.41, 5.74) is -0.437. The highest BCUT2D eigenvalue weighted by Crippen LogP contribution is 2.67. The van der Waals surface area contributed by atoms with Gasteiger partial charge in [0.1, 0.15) is 6.04 Å². The van der Waals surface area contributed by atoms with Gasteiger partial charge in [-0.1, -0.05) is 15.9 Å². The Hall–Kier alpha value is -0.800. The number of hydrogen-bond donors (Lipinski definition) is 2. The summed E-state index contributed by atoms with van der Waals surface area (Å²) in [5.74, 6) is -1.85. The van der Waals surface area contributed by atoms with Gasteiger partial charge in [0.2, 0.25) is 11.8 Å². The lowest BCUT2D eigenvalue weighted by molar-refractivity contribution is -0.153. The molecule has 3 aliphatic heterocycles. The van der Waals surface area contributed by atoms with Crippen LogP contribution < -0.4 is 5.32 Å². The van der Waals surface area contributed by atoms with Crippen molar-refractivity contribution < 1.29 is 24.2 Å². The molecule has 3 rings (SSSR count). The van der Waals surface area contributed by atoms with Crippen LogP contribution >= 0.6 is 27.7 Å². The number of thioether (sulfide) groups is 1. The Morgan fingerprint density at radius 3 is 2.68 bits per heavy atom. The molecule has 0 radical (unpaired) electrons. The number of amides is 2. The van der Waals surface area contributed by atoms with Crippen LogP contribution in [0.1, 0.15) is 40.5 Å². The normalized spacial score (nSPS) is 36.6. The molecule has 28 heavy (non-hydrogen) atoms. The molecule has 9 heteroatoms. The van der Waals surface area contributed by atoms with E-state index in [0.717, 1.165) is 0 Å². The zero-order chi connectivity index (χ0) is 20.9. The van der Waals surface area contributed by atoms with Crippen LogP contribution in [-0.2, 0) is 19.1 Å². The molecule has 158 valence electrons. The maximum atomic E-state index is 13.4. The molecule has 7 nitrogen and oxygen atoms in total. The summed E-state index contributed by atoms with van der Waals surface area (Å²) in [6, 6.07) is -0.662. The van der Waals surface area contributed by atoms with Crippen LogP contribution in [0, 0.1) is 11.8 Å². The van der Waals surface area contributed by atoms with Crippen molar-refractivity contribution in [3.05, 3.63) is 0 Å². The fourth-order valence-corrected chi connectivity index (χ4v) is 8.46. The SMILES string of the molecule is CCOC(=O)[C@H]1[C@H]2C(=O)N(CCCO)C(C(=O)NC(C)(C)C)C23CC(Br)[C@@H]1S3. The number of carbonyl (C=O) groups is 3. The minimum absolute atomic E-state index is 0.0404. The molecule has 0 aromatic carbocycles. The smallest absolute Gasteiger partial charge is 0.310 e. The fraction of sp³-hybridized carbons (Fsp3) is 0.842. The highest BCUT2D eigenvalue weighted by molar-refractivity contribution is 9.09. The zero-order valence-corrected chi connectivity index (χ0v) is 19.1. The van der Waals surface area contributed by atoms with E-state index < -0.39 is 28.2 Å². The first-order valence-corrected chi connectivity index (χ1v) is 11.6. The summed E-state index contributed by atoms with van der Waals surface area (Å²) in [6.07, 6.45) is 1.04. The van der Waals surface area contributed by atoms with Gasteiger partial charge in [-0.3, -0.25) is 14.4 Å². The molecule has 1 spiro atoms. The van der Waals surface area contributed by atoms with Crippen molar-refractivity contribution in [2.24, 2.45) is 11.8 Å². The quantitative estimate of drug-likeness (QED) is 0.443. The summed E-state index contributed by atoms with van der Waals surface area (Å²) in [5, 5.41) is 12.2. The topological polar surface area (TPSA) is 95.9 Å². The van der Waals surface area contributed by atoms with E-state index in [2.05, 4.69) is 21.2 Å². The summed E-state index contributed by atoms with van der Waals surface area (Å²) in [6.45, 7) is 7.96. The number of rotatable bonds is 6. The Morgan fingerprint density at radius 2 is 2.11 bits per heavy atom. The molecule has 0 saturated carbocycles. The molecule has 0 aliphatic carbocycles. The molecule has 0 aromatic rings. The Morgan fingerprint density at radius 1 is 1.43 bits per heavy atom. The number of alkyl halides is 1. The average Bonchev–Trinajstić information content (AvgIpc) is 3.15. The third-order valence-electron chi connectivity index (χ3n) is 5.65. The molecule has 2 N–H and O–H groups in total. The summed E-state index contributed by atoms with van der Waals surface area (Å²) >= 11 is 5.28. The van der Waals surface area contributed by atoms with Crippen LogP contribution in [0.5, 0.6) is 0 Å². The van der Waals surface area contributed by atoms with E-state index >= 15 is 0 Å². The number of fused-ring (bicyclic) bond motifs is 1. The van der Waals surface area contributed by atoms with Gasteiger partial charge >= 0.3 is 5.97 Å². The second-order valence-corrected chi connectivity index (χ2v) is 11.5. The molecule has 3 heterocycles. The minimum Gasteiger partial charge on any atom is -0.466 e. The number of nitrogens with zero attached hydrogens (tertiary/aromatic N) is 1. The Labute approximate surface area is 178 Å². The van der Waals surface area contributed by atoms with Crippen molar-refractivity contribution in [2.45, 2.75) is 66.9 Å². The first-order chi connectivity index (χ1) is 13.1. The highest BCUT2D eigenvalue weighted by Gasteiger charge is 2.75. The van der Waals surface area contributed by atoms with E-state index in [4.69, 9.17) is 4.74 Å². The number of carbonyl (C=O) groups excluding carboxylic acids is 3. The number of hydrogen-bond acceptors (Lipinski definition) is 6. The third-order valence-corrected chi connectivity index (χ3v) is 8.87. The van der Waals surface area contributed by atoms with Gasteiger partial charge in [-0.2, -0.15) is 0 Å². The molecule has 3 saturated heterocycles. The zero-order valence-electron chi connectivity index (χ0n) is 16.7. The monoisotopic (exact) mass is 476 g/mol. The number of aliphatic hydroxyl groups excluding tert-OH is 1. The van der Waals surface area contributed by atoms with Gasteiger partial charge in [0.05, 0.1) is 23.2 Å². The lowest BCUT2D eigenvalue weighted by Crippen LogP contribution is -2.57. The maximum Gasteiger partial charge on any atom is 0.310 e. The molecule has 2 amide bonds. The number of likely N-dealkylation sites (tertiary alicyclic amines) is 1. The van der Waals surface area contributed by atoms with Crippen LogP contribution in [-0.4, -0.2) is 74.0 Å². The summed E-state index contributed by atoms with van der Waals surface area (Å²) in [7, 11) is 0. The number of halogens is 1. The minimum atomic E-state index is -0.662. The second kappa shape index (κ2) is 7.80. The van der Waals surface area contributed by atoms with Gasteiger partial charge in [0.25, 0.3) is 0 Å². The number of nitrogens with one attached hydrogen (secondary N) is 1. The summed E-state index contributed by atoms with van der Waals surface area (Å²) < 4.78 is 4.63. The second-order valence-electron chi connectivity index (χ2n) is 8.76. The molecule has 6 atom stereocenters. The lowest BCUT2D eigenvalue weighted by Gasteiger charge is -2.36. The lowest BCUT2D eigenvalue weighted by atomic mass is 9.71. The van der Waals surface area contributed by atoms with E-state index in [1.54, 1.807) is 23.6 Å². The van der Waals surface area contributed by atoms with E-state index in [1.165, 1.54) is 0 Å². The van der Waals surface area contributed by atoms with Crippen LogP contribution in [0.4, 0.5) is 0 Å². The maximum absolute atomic E-state index is 13.4. The third kappa shape index (κ3) is 3.47. The molecule has 3 unspecified atom stereocenters. The van der Waals surface area contributed by atoms with Crippen molar-refractivity contribution >= 4 is 45.5 Å². The van der Waals surface area contributed by atoms with Crippen LogP contribution in [0.25, 0.3) is 0 Å². The van der Waals surface area contributed by atoms with Gasteiger partial charge in [-0.05, 0) is 40.5 Å². The van der Waals surface area contributed by atoms with Gasteiger partial charge in [-0.15, -0.1) is 11.8 Å². The highest BCUT2D eigenvalue weighted by atomic mass is 79.9. The largest absolute Gasteiger partial charge is 0.466 e. The Kier molecular flexibility index (Phi) is 6.10. The van der Waals surface area contributed by atoms with Crippen molar-refractivity contribution in [3.63, 3.8) is 0 Å². The number of ether oxygens (including phenoxy) is 1. The van der Waals surface area contributed by atoms with Crippen molar-refractivity contribution in [2.75, 3.05) is 19.8 Å². The predicted molar refractivity (Wildman–Crippen MR) is 110 cm³/mol. The predicted octanol–water partition coefficient (Wildman–Crippen LogP) is 1.31. The van der Waals surface area contributed by atoms with Crippen molar-refractivity contribution in [1.29, 1.82) is 0 Å². The van der Waals surface area contributed by atoms with E-state index in [0.29, 0.717) is 19.4 Å². The van der Waals surface area contributed by atoms with Crippen molar-refractivity contribution in [1.82, 2.24) is 10.2 Å². The summed E-state index contributed by atoms with van der Waals surface area (Å²) in [4.78, 5) is 41.1. The number of esters is 1. The fourth-order valence-electron chi connectivity index (χ4n) is 4.86. The van der Waals surface area contributed by atoms with E-state index in [-0.39, 0.29) is 41.1 Å². The first-order valence-electron chi connectivity index (χ1n) is 9.79. The molecule has 3 fully saturated rings. The number of aliphatic hydroxyl groups is 1. The van der Waals surface area contributed by atoms with Gasteiger partial charge in [-0.25, -0.2) is 0 Å². The molecular formula is C19H29BrN2O5S. The molecule has 0 aromatic heterocycles. The first kappa shape index (κ1) is 21.9.